The predicted molar refractivity (Wildman–Crippen MR) is 114 cm³/mol. The van der Waals surface area contributed by atoms with Crippen LogP contribution in [0.5, 0.6) is 0 Å². The molecule has 1 aliphatic heterocycles. The molecule has 10 nitrogen and oxygen atoms in total. The average Bonchev–Trinajstić information content (AvgIpc) is 3.40. The first-order valence-corrected chi connectivity index (χ1v) is 9.73. The molecule has 0 atom stereocenters. The van der Waals surface area contributed by atoms with Crippen molar-refractivity contribution >= 4 is 29.7 Å². The minimum absolute atomic E-state index is 0.286. The summed E-state index contributed by atoms with van der Waals surface area (Å²) < 4.78 is 3.70. The van der Waals surface area contributed by atoms with Crippen molar-refractivity contribution in [1.29, 1.82) is 0 Å². The molecule has 1 fully saturated rings. The van der Waals surface area contributed by atoms with Crippen LogP contribution in [0.3, 0.4) is 0 Å². The zero-order valence-corrected chi connectivity index (χ0v) is 16.5. The summed E-state index contributed by atoms with van der Waals surface area (Å²) in [5.41, 5.74) is 4.59. The van der Waals surface area contributed by atoms with Gasteiger partial charge in [0.25, 0.3) is 0 Å². The van der Waals surface area contributed by atoms with Crippen LogP contribution in [-0.4, -0.2) is 72.7 Å². The average molecular weight is 404 g/mol. The first-order chi connectivity index (χ1) is 14.6. The summed E-state index contributed by atoms with van der Waals surface area (Å²) >= 11 is 0. The maximum Gasteiger partial charge on any atom is 0.491 e. The zero-order valence-electron chi connectivity index (χ0n) is 16.5. The SMILES string of the molecule is Cn1cc(-c2ccc3c(N4CCN(c5ncc(B(O)O)cn5)CC4)cnn3c2)cn1. The van der Waals surface area contributed by atoms with Gasteiger partial charge in [0.2, 0.25) is 5.95 Å². The fourth-order valence-corrected chi connectivity index (χ4v) is 3.73. The van der Waals surface area contributed by atoms with Gasteiger partial charge in [-0.3, -0.25) is 4.68 Å². The number of hydrogen-bond donors (Lipinski definition) is 2. The molecular formula is C19H21BN8O2. The van der Waals surface area contributed by atoms with Gasteiger partial charge in [0.15, 0.2) is 0 Å². The van der Waals surface area contributed by atoms with Crippen LogP contribution in [0.1, 0.15) is 0 Å². The van der Waals surface area contributed by atoms with Crippen LogP contribution in [0.2, 0.25) is 0 Å². The molecule has 4 aromatic rings. The largest absolute Gasteiger partial charge is 0.491 e. The number of aromatic nitrogens is 6. The molecular weight excluding hydrogens is 383 g/mol. The molecule has 0 radical (unpaired) electrons. The van der Waals surface area contributed by atoms with Crippen LogP contribution < -0.4 is 15.3 Å². The second-order valence-corrected chi connectivity index (χ2v) is 7.34. The van der Waals surface area contributed by atoms with Gasteiger partial charge in [0.1, 0.15) is 0 Å². The van der Waals surface area contributed by atoms with Crippen molar-refractivity contribution in [2.24, 2.45) is 7.05 Å². The Labute approximate surface area is 173 Å². The molecule has 1 saturated heterocycles. The molecule has 4 aromatic heterocycles. The van der Waals surface area contributed by atoms with E-state index in [2.05, 4.69) is 42.1 Å². The van der Waals surface area contributed by atoms with E-state index in [0.29, 0.717) is 5.95 Å². The number of fused-ring (bicyclic) bond motifs is 1. The topological polar surface area (TPSA) is 108 Å². The van der Waals surface area contributed by atoms with Crippen molar-refractivity contribution in [2.75, 3.05) is 36.0 Å². The fraction of sp³-hybridized carbons (Fsp3) is 0.263. The number of pyridine rings is 1. The Morgan fingerprint density at radius 2 is 1.57 bits per heavy atom. The summed E-state index contributed by atoms with van der Waals surface area (Å²) in [4.78, 5) is 12.9. The Morgan fingerprint density at radius 1 is 0.833 bits per heavy atom. The summed E-state index contributed by atoms with van der Waals surface area (Å²) in [6.07, 6.45) is 10.7. The van der Waals surface area contributed by atoms with Gasteiger partial charge in [0.05, 0.1) is 23.6 Å². The van der Waals surface area contributed by atoms with Gasteiger partial charge in [0, 0.05) is 74.6 Å². The van der Waals surface area contributed by atoms with E-state index in [1.807, 2.05) is 36.4 Å². The summed E-state index contributed by atoms with van der Waals surface area (Å²) in [6.45, 7) is 3.18. The lowest BCUT2D eigenvalue weighted by Crippen LogP contribution is -2.47. The highest BCUT2D eigenvalue weighted by Gasteiger charge is 2.22. The van der Waals surface area contributed by atoms with E-state index >= 15 is 0 Å². The van der Waals surface area contributed by atoms with Crippen LogP contribution in [0.25, 0.3) is 16.6 Å². The Kier molecular flexibility index (Phi) is 4.60. The van der Waals surface area contributed by atoms with E-state index < -0.39 is 7.12 Å². The lowest BCUT2D eigenvalue weighted by atomic mass is 9.83. The van der Waals surface area contributed by atoms with Gasteiger partial charge in [-0.2, -0.15) is 10.2 Å². The van der Waals surface area contributed by atoms with Crippen molar-refractivity contribution in [3.63, 3.8) is 0 Å². The van der Waals surface area contributed by atoms with Gasteiger partial charge in [-0.25, -0.2) is 14.5 Å². The van der Waals surface area contributed by atoms with Gasteiger partial charge in [-0.15, -0.1) is 0 Å². The van der Waals surface area contributed by atoms with Gasteiger partial charge >= 0.3 is 7.12 Å². The molecule has 30 heavy (non-hydrogen) atoms. The Bertz CT molecular complexity index is 1160. The summed E-state index contributed by atoms with van der Waals surface area (Å²) in [5, 5.41) is 27.1. The molecule has 152 valence electrons. The molecule has 0 bridgehead atoms. The molecule has 5 rings (SSSR count). The molecule has 5 heterocycles. The minimum Gasteiger partial charge on any atom is -0.423 e. The molecule has 11 heteroatoms. The van der Waals surface area contributed by atoms with Gasteiger partial charge in [-0.1, -0.05) is 6.07 Å². The Balaban J connectivity index is 1.31. The quantitative estimate of drug-likeness (QED) is 0.440. The first-order valence-electron chi connectivity index (χ1n) is 9.73. The monoisotopic (exact) mass is 404 g/mol. The van der Waals surface area contributed by atoms with E-state index in [1.54, 1.807) is 4.68 Å². The zero-order chi connectivity index (χ0) is 20.7. The number of hydrogen-bond acceptors (Lipinski definition) is 8. The normalized spacial score (nSPS) is 14.5. The molecule has 0 amide bonds. The van der Waals surface area contributed by atoms with Crippen LogP contribution in [-0.2, 0) is 7.05 Å². The summed E-state index contributed by atoms with van der Waals surface area (Å²) in [6, 6.07) is 4.19. The third-order valence-electron chi connectivity index (χ3n) is 5.39. The van der Waals surface area contributed by atoms with Gasteiger partial charge in [-0.05, 0) is 6.07 Å². The Morgan fingerprint density at radius 3 is 2.23 bits per heavy atom. The van der Waals surface area contributed by atoms with Crippen LogP contribution >= 0.6 is 0 Å². The van der Waals surface area contributed by atoms with E-state index in [-0.39, 0.29) is 5.46 Å². The van der Waals surface area contributed by atoms with Crippen molar-refractivity contribution < 1.29 is 10.0 Å². The van der Waals surface area contributed by atoms with E-state index in [9.17, 15) is 10.0 Å². The van der Waals surface area contributed by atoms with Crippen LogP contribution in [0.4, 0.5) is 11.6 Å². The lowest BCUT2D eigenvalue weighted by Gasteiger charge is -2.35. The molecule has 0 unspecified atom stereocenters. The lowest BCUT2D eigenvalue weighted by molar-refractivity contribution is 0.425. The third kappa shape index (κ3) is 3.38. The summed E-state index contributed by atoms with van der Waals surface area (Å²) in [7, 11) is 0.355. The highest BCUT2D eigenvalue weighted by atomic mass is 16.4. The molecule has 0 spiro atoms. The number of nitrogens with zero attached hydrogens (tertiary/aromatic N) is 8. The second-order valence-electron chi connectivity index (χ2n) is 7.34. The van der Waals surface area contributed by atoms with E-state index in [0.717, 1.165) is 48.5 Å². The van der Waals surface area contributed by atoms with Crippen molar-refractivity contribution in [2.45, 2.75) is 0 Å². The predicted octanol–water partition coefficient (Wildman–Crippen LogP) is -0.469. The standard InChI is InChI=1S/C19H21BN8O2/c1-25-12-15(8-23-25)14-2-3-17-18(11-24-28(17)13-14)26-4-6-27(7-5-26)19-21-9-16(10-22-19)20(29)30/h2-3,8-13,29-30H,4-7H2,1H3. The number of piperazine rings is 1. The van der Waals surface area contributed by atoms with E-state index in [1.165, 1.54) is 12.4 Å². The van der Waals surface area contributed by atoms with Gasteiger partial charge < -0.3 is 19.8 Å². The molecule has 1 aliphatic rings. The molecule has 0 aliphatic carbocycles. The molecule has 0 aromatic carbocycles. The number of rotatable bonds is 4. The first kappa shape index (κ1) is 18.6. The van der Waals surface area contributed by atoms with Crippen molar-refractivity contribution in [3.05, 3.63) is 49.3 Å². The van der Waals surface area contributed by atoms with Crippen molar-refractivity contribution in [3.8, 4) is 11.1 Å². The summed E-state index contributed by atoms with van der Waals surface area (Å²) in [5.74, 6) is 0.597. The van der Waals surface area contributed by atoms with Crippen LogP contribution in [0, 0.1) is 0 Å². The molecule has 0 saturated carbocycles. The highest BCUT2D eigenvalue weighted by Crippen LogP contribution is 2.26. The smallest absolute Gasteiger partial charge is 0.423 e. The van der Waals surface area contributed by atoms with Crippen molar-refractivity contribution in [1.82, 2.24) is 29.4 Å². The third-order valence-corrected chi connectivity index (χ3v) is 5.39. The second kappa shape index (κ2) is 7.43. The number of anilines is 2. The fourth-order valence-electron chi connectivity index (χ4n) is 3.73. The highest BCUT2D eigenvalue weighted by molar-refractivity contribution is 6.58. The minimum atomic E-state index is -1.55. The van der Waals surface area contributed by atoms with E-state index in [4.69, 9.17) is 0 Å². The molecule has 2 N–H and O–H groups in total. The maximum atomic E-state index is 9.18. The maximum absolute atomic E-state index is 9.18. The van der Waals surface area contributed by atoms with Crippen LogP contribution in [0.15, 0.2) is 49.3 Å². The number of aryl methyl sites for hydroxylation is 1. The Hall–Kier alpha value is -3.44.